The Labute approximate surface area is 438 Å². The van der Waals surface area contributed by atoms with Gasteiger partial charge in [0.05, 0.1) is 0 Å². The number of esters is 3. The Morgan fingerprint density at radius 2 is 0.549 bits per heavy atom. The Kier molecular flexibility index (Phi) is 55.4. The predicted octanol–water partition coefficient (Wildman–Crippen LogP) is 19.9. The van der Waals surface area contributed by atoms with Crippen LogP contribution < -0.4 is 0 Å². The van der Waals surface area contributed by atoms with Crippen molar-refractivity contribution in [1.29, 1.82) is 0 Å². The maximum Gasteiger partial charge on any atom is 0.306 e. The molecule has 0 fully saturated rings. The highest BCUT2D eigenvalue weighted by Gasteiger charge is 2.19. The third kappa shape index (κ3) is 56.9. The zero-order valence-electron chi connectivity index (χ0n) is 46.2. The van der Waals surface area contributed by atoms with E-state index in [4.69, 9.17) is 14.2 Å². The Morgan fingerprint density at radius 3 is 0.859 bits per heavy atom. The highest BCUT2D eigenvalue weighted by Crippen LogP contribution is 2.15. The molecule has 71 heavy (non-hydrogen) atoms. The summed E-state index contributed by atoms with van der Waals surface area (Å²) in [4.78, 5) is 38.2. The first-order valence-electron chi connectivity index (χ1n) is 29.4. The topological polar surface area (TPSA) is 78.9 Å². The molecule has 0 rings (SSSR count). The van der Waals surface area contributed by atoms with Crippen LogP contribution in [0.3, 0.4) is 0 Å². The van der Waals surface area contributed by atoms with Crippen LogP contribution in [0.1, 0.15) is 265 Å². The van der Waals surface area contributed by atoms with Gasteiger partial charge in [-0.15, -0.1) is 0 Å². The SMILES string of the molecule is CC/C=C\C/C=C\C/C=C\C/C=C\CCCCCCCCCCCCCCC(=O)OCC(COC(=O)CCCCCCC/C=C\C/C=C\CCC)OC(=O)CCCCCCC/C=C\C/C=C\C/C=C\CC. The molecule has 0 saturated heterocycles. The molecule has 0 saturated carbocycles. The van der Waals surface area contributed by atoms with Crippen LogP contribution in [0, 0.1) is 0 Å². The van der Waals surface area contributed by atoms with Crippen molar-refractivity contribution in [3.05, 3.63) is 109 Å². The van der Waals surface area contributed by atoms with Crippen LogP contribution in [0.4, 0.5) is 0 Å². The van der Waals surface area contributed by atoms with E-state index in [9.17, 15) is 14.4 Å². The molecular weight excluding hydrogens is 877 g/mol. The van der Waals surface area contributed by atoms with Crippen molar-refractivity contribution in [2.45, 2.75) is 271 Å². The normalized spacial score (nSPS) is 12.9. The Bertz CT molecular complexity index is 1460. The molecular formula is C65H108O6. The van der Waals surface area contributed by atoms with Crippen molar-refractivity contribution in [3.63, 3.8) is 0 Å². The van der Waals surface area contributed by atoms with Crippen LogP contribution in [-0.2, 0) is 28.6 Å². The first-order valence-corrected chi connectivity index (χ1v) is 29.4. The monoisotopic (exact) mass is 985 g/mol. The summed E-state index contributed by atoms with van der Waals surface area (Å²) >= 11 is 0. The molecule has 0 aliphatic rings. The number of carbonyl (C=O) groups is 3. The maximum atomic E-state index is 12.8. The predicted molar refractivity (Wildman–Crippen MR) is 307 cm³/mol. The zero-order valence-corrected chi connectivity index (χ0v) is 46.2. The molecule has 0 aromatic rings. The van der Waals surface area contributed by atoms with E-state index >= 15 is 0 Å². The van der Waals surface area contributed by atoms with E-state index in [1.165, 1.54) is 70.6 Å². The lowest BCUT2D eigenvalue weighted by Gasteiger charge is -2.18. The molecule has 6 nitrogen and oxygen atoms in total. The van der Waals surface area contributed by atoms with Crippen LogP contribution in [0.2, 0.25) is 0 Å². The second kappa shape index (κ2) is 58.6. The minimum Gasteiger partial charge on any atom is -0.462 e. The molecule has 0 heterocycles. The summed E-state index contributed by atoms with van der Waals surface area (Å²) in [6.07, 6.45) is 79.4. The second-order valence-corrected chi connectivity index (χ2v) is 19.1. The molecule has 1 unspecified atom stereocenters. The summed E-state index contributed by atoms with van der Waals surface area (Å²) in [6, 6.07) is 0. The van der Waals surface area contributed by atoms with E-state index in [0.29, 0.717) is 19.3 Å². The molecule has 0 aliphatic carbocycles. The number of rotatable bonds is 52. The molecule has 0 aromatic carbocycles. The number of carbonyl (C=O) groups excluding carboxylic acids is 3. The lowest BCUT2D eigenvalue weighted by Crippen LogP contribution is -2.30. The van der Waals surface area contributed by atoms with Crippen molar-refractivity contribution in [2.24, 2.45) is 0 Å². The molecule has 0 bridgehead atoms. The number of unbranched alkanes of at least 4 members (excludes halogenated alkanes) is 23. The third-order valence-electron chi connectivity index (χ3n) is 12.2. The van der Waals surface area contributed by atoms with Crippen molar-refractivity contribution in [3.8, 4) is 0 Å². The molecule has 404 valence electrons. The van der Waals surface area contributed by atoms with Crippen LogP contribution >= 0.6 is 0 Å². The van der Waals surface area contributed by atoms with Gasteiger partial charge in [0.1, 0.15) is 13.2 Å². The smallest absolute Gasteiger partial charge is 0.306 e. The Hall–Kier alpha value is -3.93. The van der Waals surface area contributed by atoms with E-state index in [1.807, 2.05) is 0 Å². The van der Waals surface area contributed by atoms with Gasteiger partial charge in [0.25, 0.3) is 0 Å². The highest BCUT2D eigenvalue weighted by molar-refractivity contribution is 5.71. The molecule has 0 aliphatic heterocycles. The molecule has 6 heteroatoms. The molecule has 0 amide bonds. The van der Waals surface area contributed by atoms with E-state index in [2.05, 4.69) is 130 Å². The van der Waals surface area contributed by atoms with Gasteiger partial charge in [-0.3, -0.25) is 14.4 Å². The minimum atomic E-state index is -0.795. The van der Waals surface area contributed by atoms with Gasteiger partial charge >= 0.3 is 17.9 Å². The van der Waals surface area contributed by atoms with Crippen molar-refractivity contribution in [2.75, 3.05) is 13.2 Å². The summed E-state index contributed by atoms with van der Waals surface area (Å²) in [5, 5.41) is 0. The summed E-state index contributed by atoms with van der Waals surface area (Å²) in [5.74, 6) is -0.924. The third-order valence-corrected chi connectivity index (χ3v) is 12.2. The van der Waals surface area contributed by atoms with Gasteiger partial charge in [-0.1, -0.05) is 239 Å². The van der Waals surface area contributed by atoms with Gasteiger partial charge in [-0.25, -0.2) is 0 Å². The lowest BCUT2D eigenvalue weighted by molar-refractivity contribution is -0.167. The summed E-state index contributed by atoms with van der Waals surface area (Å²) in [5.41, 5.74) is 0. The number of allylic oxidation sites excluding steroid dienone is 18. The fourth-order valence-corrected chi connectivity index (χ4v) is 7.90. The van der Waals surface area contributed by atoms with E-state index in [1.54, 1.807) is 0 Å². The second-order valence-electron chi connectivity index (χ2n) is 19.1. The Morgan fingerprint density at radius 1 is 0.296 bits per heavy atom. The van der Waals surface area contributed by atoms with Crippen LogP contribution in [-0.4, -0.2) is 37.2 Å². The van der Waals surface area contributed by atoms with E-state index in [-0.39, 0.29) is 31.1 Å². The van der Waals surface area contributed by atoms with Gasteiger partial charge in [0, 0.05) is 19.3 Å². The fraction of sp³-hybridized carbons (Fsp3) is 0.677. The Balaban J connectivity index is 4.32. The number of hydrogen-bond acceptors (Lipinski definition) is 6. The summed E-state index contributed by atoms with van der Waals surface area (Å²) in [7, 11) is 0. The zero-order chi connectivity index (χ0) is 51.4. The van der Waals surface area contributed by atoms with Gasteiger partial charge in [-0.05, 0) is 116 Å². The number of ether oxygens (including phenoxy) is 3. The summed E-state index contributed by atoms with van der Waals surface area (Å²) < 4.78 is 16.8. The average Bonchev–Trinajstić information content (AvgIpc) is 3.37. The van der Waals surface area contributed by atoms with Gasteiger partial charge in [0.2, 0.25) is 0 Å². The van der Waals surface area contributed by atoms with Gasteiger partial charge < -0.3 is 14.2 Å². The maximum absolute atomic E-state index is 12.8. The number of hydrogen-bond donors (Lipinski definition) is 0. The van der Waals surface area contributed by atoms with Crippen molar-refractivity contribution < 1.29 is 28.6 Å². The highest BCUT2D eigenvalue weighted by atomic mass is 16.6. The fourth-order valence-electron chi connectivity index (χ4n) is 7.90. The van der Waals surface area contributed by atoms with E-state index in [0.717, 1.165) is 154 Å². The van der Waals surface area contributed by atoms with Gasteiger partial charge in [0.15, 0.2) is 6.10 Å². The van der Waals surface area contributed by atoms with E-state index < -0.39 is 6.10 Å². The first kappa shape index (κ1) is 67.1. The van der Waals surface area contributed by atoms with Crippen LogP contribution in [0.15, 0.2) is 109 Å². The van der Waals surface area contributed by atoms with Crippen LogP contribution in [0.5, 0.6) is 0 Å². The van der Waals surface area contributed by atoms with Crippen molar-refractivity contribution >= 4 is 17.9 Å². The lowest BCUT2D eigenvalue weighted by atomic mass is 10.0. The van der Waals surface area contributed by atoms with Crippen LogP contribution in [0.25, 0.3) is 0 Å². The summed E-state index contributed by atoms with van der Waals surface area (Å²) in [6.45, 7) is 6.33. The molecule has 0 aromatic heterocycles. The molecule has 1 atom stereocenters. The standard InChI is InChI=1S/C65H108O6/c1-4-7-10-13-16-19-22-25-27-28-29-30-31-32-33-34-35-36-38-40-43-46-49-52-55-58-64(67)70-61-62(60-69-63(66)57-54-51-48-45-42-39-24-21-18-15-12-9-6-3)71-65(68)59-56-53-50-47-44-41-37-26-23-20-17-14-11-8-5-2/h7-8,10-12,15-17,19-21,24-27,29-30,37,62H,4-6,9,13-14,18,22-23,28,31-36,38-61H2,1-3H3/b10-7-,11-8-,15-12-,19-16-,20-17-,24-21-,27-25-,30-29-,37-26-. The minimum absolute atomic E-state index is 0.0914. The average molecular weight is 986 g/mol. The van der Waals surface area contributed by atoms with Gasteiger partial charge in [-0.2, -0.15) is 0 Å². The van der Waals surface area contributed by atoms with Crippen molar-refractivity contribution in [1.82, 2.24) is 0 Å². The quantitative estimate of drug-likeness (QED) is 0.0261. The largest absolute Gasteiger partial charge is 0.462 e. The molecule has 0 spiro atoms. The first-order chi connectivity index (χ1) is 35.0. The molecule has 0 N–H and O–H groups in total. The molecule has 0 radical (unpaired) electrons.